The number of amides is 1. The van der Waals surface area contributed by atoms with Gasteiger partial charge in [-0.3, -0.25) is 9.10 Å². The molecule has 6 nitrogen and oxygen atoms in total. The molecule has 0 spiro atoms. The average molecular weight is 473 g/mol. The first-order chi connectivity index (χ1) is 15.4. The molecule has 168 valence electrons. The maximum atomic E-state index is 13.4. The number of sulfonamides is 1. The summed E-state index contributed by atoms with van der Waals surface area (Å²) in [6.07, 6.45) is 0.611. The maximum Gasteiger partial charge on any atom is 0.264 e. The third-order valence-electron chi connectivity index (χ3n) is 4.70. The first-order valence-electron chi connectivity index (χ1n) is 10.2. The fourth-order valence-corrected chi connectivity index (χ4v) is 4.64. The summed E-state index contributed by atoms with van der Waals surface area (Å²) in [7, 11) is -3.96. The molecule has 0 saturated heterocycles. The Bertz CT molecular complexity index is 1120. The Morgan fingerprint density at radius 1 is 0.969 bits per heavy atom. The van der Waals surface area contributed by atoms with Crippen LogP contribution in [0.1, 0.15) is 12.5 Å². The van der Waals surface area contributed by atoms with E-state index >= 15 is 0 Å². The molecule has 0 unspecified atom stereocenters. The van der Waals surface area contributed by atoms with Crippen molar-refractivity contribution in [1.82, 2.24) is 5.32 Å². The van der Waals surface area contributed by atoms with E-state index in [0.29, 0.717) is 36.0 Å². The molecule has 1 amide bonds. The second kappa shape index (κ2) is 11.0. The van der Waals surface area contributed by atoms with Crippen molar-refractivity contribution in [2.24, 2.45) is 0 Å². The quantitative estimate of drug-likeness (QED) is 0.477. The van der Waals surface area contributed by atoms with E-state index in [0.717, 1.165) is 9.87 Å². The number of hydrogen-bond donors (Lipinski definition) is 1. The minimum absolute atomic E-state index is 0.0822. The van der Waals surface area contributed by atoms with Crippen LogP contribution >= 0.6 is 11.6 Å². The van der Waals surface area contributed by atoms with Gasteiger partial charge in [-0.25, -0.2) is 8.42 Å². The number of nitrogens with one attached hydrogen (secondary N) is 1. The molecule has 1 N–H and O–H groups in total. The second-order valence-corrected chi connectivity index (χ2v) is 9.28. The topological polar surface area (TPSA) is 75.7 Å². The zero-order valence-corrected chi connectivity index (χ0v) is 19.3. The van der Waals surface area contributed by atoms with Gasteiger partial charge in [0, 0.05) is 11.6 Å². The van der Waals surface area contributed by atoms with Gasteiger partial charge in [-0.1, -0.05) is 41.9 Å². The van der Waals surface area contributed by atoms with Gasteiger partial charge in [0.2, 0.25) is 5.91 Å². The average Bonchev–Trinajstić information content (AvgIpc) is 2.80. The molecule has 0 radical (unpaired) electrons. The molecule has 3 rings (SSSR count). The van der Waals surface area contributed by atoms with Gasteiger partial charge in [0.15, 0.2) is 0 Å². The molecule has 0 atom stereocenters. The van der Waals surface area contributed by atoms with Crippen LogP contribution in [0.4, 0.5) is 5.69 Å². The lowest BCUT2D eigenvalue weighted by molar-refractivity contribution is -0.119. The fourth-order valence-electron chi connectivity index (χ4n) is 3.09. The van der Waals surface area contributed by atoms with Crippen molar-refractivity contribution in [2.45, 2.75) is 18.2 Å². The SMILES string of the molecule is CCOc1ccc(S(=O)(=O)N(CC(=O)NCCc2ccc(Cl)cc2)c2ccccc2)cc1. The van der Waals surface area contributed by atoms with E-state index < -0.39 is 15.9 Å². The van der Waals surface area contributed by atoms with Crippen LogP contribution in [0, 0.1) is 0 Å². The second-order valence-electron chi connectivity index (χ2n) is 6.98. The summed E-state index contributed by atoms with van der Waals surface area (Å²) in [6, 6.07) is 22.1. The number of benzene rings is 3. The maximum absolute atomic E-state index is 13.4. The van der Waals surface area contributed by atoms with Crippen molar-refractivity contribution in [3.63, 3.8) is 0 Å². The van der Waals surface area contributed by atoms with Gasteiger partial charge >= 0.3 is 0 Å². The fraction of sp³-hybridized carbons (Fsp3) is 0.208. The molecule has 0 aliphatic heterocycles. The smallest absolute Gasteiger partial charge is 0.264 e. The van der Waals surface area contributed by atoms with E-state index in [-0.39, 0.29) is 11.4 Å². The molecular formula is C24H25ClN2O4S. The Labute approximate surface area is 193 Å². The van der Waals surface area contributed by atoms with Gasteiger partial charge in [-0.05, 0) is 67.4 Å². The zero-order valence-electron chi connectivity index (χ0n) is 17.7. The molecule has 0 heterocycles. The number of para-hydroxylation sites is 1. The third-order valence-corrected chi connectivity index (χ3v) is 6.74. The standard InChI is InChI=1S/C24H25ClN2O4S/c1-2-31-22-12-14-23(15-13-22)32(29,30)27(21-6-4-3-5-7-21)18-24(28)26-17-16-19-8-10-20(25)11-9-19/h3-15H,2,16-18H2,1H3,(H,26,28). The minimum atomic E-state index is -3.96. The molecule has 0 aromatic heterocycles. The number of carbonyl (C=O) groups excluding carboxylic acids is 1. The number of halogens is 1. The van der Waals surface area contributed by atoms with Crippen LogP contribution in [0.25, 0.3) is 0 Å². The highest BCUT2D eigenvalue weighted by Crippen LogP contribution is 2.25. The van der Waals surface area contributed by atoms with E-state index in [1.54, 1.807) is 54.6 Å². The van der Waals surface area contributed by atoms with Crippen LogP contribution in [-0.2, 0) is 21.2 Å². The molecule has 3 aromatic rings. The Hall–Kier alpha value is -3.03. The van der Waals surface area contributed by atoms with Gasteiger partial charge in [-0.2, -0.15) is 0 Å². The summed E-state index contributed by atoms with van der Waals surface area (Å²) in [4.78, 5) is 12.7. The highest BCUT2D eigenvalue weighted by Gasteiger charge is 2.27. The third kappa shape index (κ3) is 6.24. The van der Waals surface area contributed by atoms with Crippen molar-refractivity contribution >= 4 is 33.2 Å². The van der Waals surface area contributed by atoms with E-state index in [1.165, 1.54) is 12.1 Å². The molecule has 0 aliphatic carbocycles. The van der Waals surface area contributed by atoms with Crippen molar-refractivity contribution in [3.8, 4) is 5.75 Å². The van der Waals surface area contributed by atoms with Crippen LogP contribution in [0.3, 0.4) is 0 Å². The Morgan fingerprint density at radius 2 is 1.62 bits per heavy atom. The monoisotopic (exact) mass is 472 g/mol. The van der Waals surface area contributed by atoms with E-state index in [9.17, 15) is 13.2 Å². The number of rotatable bonds is 10. The van der Waals surface area contributed by atoms with Crippen LogP contribution in [0.15, 0.2) is 83.8 Å². The van der Waals surface area contributed by atoms with Gasteiger partial charge in [0.1, 0.15) is 12.3 Å². The van der Waals surface area contributed by atoms with E-state index in [2.05, 4.69) is 5.32 Å². The van der Waals surface area contributed by atoms with Gasteiger partial charge in [0.05, 0.1) is 17.2 Å². The first kappa shape index (κ1) is 23.6. The molecule has 3 aromatic carbocycles. The predicted molar refractivity (Wildman–Crippen MR) is 127 cm³/mol. The number of ether oxygens (including phenoxy) is 1. The van der Waals surface area contributed by atoms with Gasteiger partial charge < -0.3 is 10.1 Å². The number of nitrogens with zero attached hydrogens (tertiary/aromatic N) is 1. The molecule has 0 aliphatic rings. The Morgan fingerprint density at radius 3 is 2.25 bits per heavy atom. The molecule has 0 bridgehead atoms. The lowest BCUT2D eigenvalue weighted by Crippen LogP contribution is -2.41. The summed E-state index contributed by atoms with van der Waals surface area (Å²) < 4.78 is 33.2. The summed E-state index contributed by atoms with van der Waals surface area (Å²) in [5.74, 6) is 0.190. The molecule has 32 heavy (non-hydrogen) atoms. The van der Waals surface area contributed by atoms with Crippen LogP contribution in [-0.4, -0.2) is 34.0 Å². The minimum Gasteiger partial charge on any atom is -0.494 e. The first-order valence-corrected chi connectivity index (χ1v) is 12.0. The Balaban J connectivity index is 1.74. The highest BCUT2D eigenvalue weighted by atomic mass is 35.5. The van der Waals surface area contributed by atoms with E-state index in [4.69, 9.17) is 16.3 Å². The zero-order chi connectivity index (χ0) is 23.0. The normalized spacial score (nSPS) is 11.1. The summed E-state index contributed by atoms with van der Waals surface area (Å²) in [5, 5.41) is 3.45. The van der Waals surface area contributed by atoms with Crippen molar-refractivity contribution in [3.05, 3.63) is 89.4 Å². The number of carbonyl (C=O) groups is 1. The van der Waals surface area contributed by atoms with Crippen molar-refractivity contribution in [2.75, 3.05) is 24.0 Å². The van der Waals surface area contributed by atoms with Crippen LogP contribution in [0.5, 0.6) is 5.75 Å². The van der Waals surface area contributed by atoms with Crippen molar-refractivity contribution < 1.29 is 17.9 Å². The number of hydrogen-bond acceptors (Lipinski definition) is 4. The van der Waals surface area contributed by atoms with E-state index in [1.807, 2.05) is 19.1 Å². The van der Waals surface area contributed by atoms with Gasteiger partial charge in [0.25, 0.3) is 10.0 Å². The van der Waals surface area contributed by atoms with Crippen molar-refractivity contribution in [1.29, 1.82) is 0 Å². The Kier molecular flexibility index (Phi) is 8.14. The van der Waals surface area contributed by atoms with Crippen LogP contribution < -0.4 is 14.4 Å². The van der Waals surface area contributed by atoms with Crippen LogP contribution in [0.2, 0.25) is 5.02 Å². The number of anilines is 1. The molecule has 0 saturated carbocycles. The lowest BCUT2D eigenvalue weighted by Gasteiger charge is -2.24. The molecule has 8 heteroatoms. The molecule has 0 fully saturated rings. The summed E-state index contributed by atoms with van der Waals surface area (Å²) in [5.41, 5.74) is 1.44. The summed E-state index contributed by atoms with van der Waals surface area (Å²) >= 11 is 5.89. The van der Waals surface area contributed by atoms with Gasteiger partial charge in [-0.15, -0.1) is 0 Å². The summed E-state index contributed by atoms with van der Waals surface area (Å²) in [6.45, 7) is 2.39. The molecular weight excluding hydrogens is 448 g/mol. The predicted octanol–water partition coefficient (Wildman–Crippen LogP) is 4.29. The largest absolute Gasteiger partial charge is 0.494 e. The lowest BCUT2D eigenvalue weighted by atomic mass is 10.1. The highest BCUT2D eigenvalue weighted by molar-refractivity contribution is 7.92.